The van der Waals surface area contributed by atoms with Gasteiger partial charge in [0.2, 0.25) is 0 Å². The molecule has 0 saturated heterocycles. The van der Waals surface area contributed by atoms with Gasteiger partial charge < -0.3 is 14.6 Å². The summed E-state index contributed by atoms with van der Waals surface area (Å²) in [6.07, 6.45) is 3.20. The lowest BCUT2D eigenvalue weighted by Gasteiger charge is -2.17. The summed E-state index contributed by atoms with van der Waals surface area (Å²) in [6, 6.07) is 8.66. The van der Waals surface area contributed by atoms with E-state index in [4.69, 9.17) is 16.0 Å². The normalized spacial score (nSPS) is 10.1. The van der Waals surface area contributed by atoms with Gasteiger partial charge in [-0.25, -0.2) is 4.79 Å². The van der Waals surface area contributed by atoms with E-state index in [-0.39, 0.29) is 6.03 Å². The van der Waals surface area contributed by atoms with Crippen LogP contribution in [0.2, 0.25) is 5.02 Å². The maximum Gasteiger partial charge on any atom is 0.321 e. The number of hydrogen-bond donors (Lipinski definition) is 1. The Labute approximate surface area is 110 Å². The predicted molar refractivity (Wildman–Crippen MR) is 70.6 cm³/mol. The molecule has 1 N–H and O–H groups in total. The zero-order valence-corrected chi connectivity index (χ0v) is 10.6. The highest BCUT2D eigenvalue weighted by molar-refractivity contribution is 6.30. The van der Waals surface area contributed by atoms with E-state index >= 15 is 0 Å². The summed E-state index contributed by atoms with van der Waals surface area (Å²) in [7, 11) is 1.72. The minimum atomic E-state index is -0.196. The van der Waals surface area contributed by atoms with Crippen LogP contribution in [0.4, 0.5) is 10.5 Å². The molecule has 0 aliphatic carbocycles. The van der Waals surface area contributed by atoms with Crippen LogP contribution in [0, 0.1) is 0 Å². The molecule has 1 heterocycles. The van der Waals surface area contributed by atoms with Gasteiger partial charge in [-0.1, -0.05) is 17.7 Å². The lowest BCUT2D eigenvalue weighted by molar-refractivity contribution is 0.220. The number of hydrogen-bond acceptors (Lipinski definition) is 2. The molecule has 1 aromatic heterocycles. The second kappa shape index (κ2) is 5.60. The molecular weight excluding hydrogens is 252 g/mol. The topological polar surface area (TPSA) is 45.5 Å². The number of benzene rings is 1. The van der Waals surface area contributed by atoms with Crippen LogP contribution in [0.1, 0.15) is 5.56 Å². The number of amides is 2. The molecule has 4 nitrogen and oxygen atoms in total. The molecule has 2 rings (SSSR count). The molecule has 0 aliphatic rings. The number of halogens is 1. The molecule has 2 aromatic rings. The van der Waals surface area contributed by atoms with Crippen molar-refractivity contribution in [2.24, 2.45) is 0 Å². The Hall–Kier alpha value is -1.94. The van der Waals surface area contributed by atoms with E-state index < -0.39 is 0 Å². The molecule has 0 spiro atoms. The van der Waals surface area contributed by atoms with E-state index in [0.29, 0.717) is 17.3 Å². The van der Waals surface area contributed by atoms with Crippen molar-refractivity contribution in [3.63, 3.8) is 0 Å². The first-order valence-electron chi connectivity index (χ1n) is 5.44. The van der Waals surface area contributed by atoms with Crippen molar-refractivity contribution in [2.45, 2.75) is 6.54 Å². The zero-order chi connectivity index (χ0) is 13.0. The molecule has 0 saturated carbocycles. The Morgan fingerprint density at radius 1 is 1.44 bits per heavy atom. The first kappa shape index (κ1) is 12.5. The van der Waals surface area contributed by atoms with Crippen LogP contribution in [-0.4, -0.2) is 18.0 Å². The average molecular weight is 265 g/mol. The SMILES string of the molecule is CN(Cc1ccoc1)C(=O)Nc1cccc(Cl)c1. The van der Waals surface area contributed by atoms with Crippen molar-refractivity contribution in [3.8, 4) is 0 Å². The number of anilines is 1. The van der Waals surface area contributed by atoms with Crippen LogP contribution in [-0.2, 0) is 6.54 Å². The fourth-order valence-electron chi connectivity index (χ4n) is 1.51. The van der Waals surface area contributed by atoms with Gasteiger partial charge in [-0.3, -0.25) is 0 Å². The third-order valence-electron chi connectivity index (χ3n) is 2.42. The molecule has 94 valence electrons. The molecule has 5 heteroatoms. The van der Waals surface area contributed by atoms with Crippen molar-refractivity contribution in [1.29, 1.82) is 0 Å². The van der Waals surface area contributed by atoms with Gasteiger partial charge in [0.15, 0.2) is 0 Å². The van der Waals surface area contributed by atoms with Crippen molar-refractivity contribution in [3.05, 3.63) is 53.4 Å². The summed E-state index contributed by atoms with van der Waals surface area (Å²) in [5.41, 5.74) is 1.62. The average Bonchev–Trinajstić information content (AvgIpc) is 2.81. The number of nitrogens with zero attached hydrogens (tertiary/aromatic N) is 1. The second-order valence-corrected chi connectivity index (χ2v) is 4.36. The summed E-state index contributed by atoms with van der Waals surface area (Å²) in [5.74, 6) is 0. The molecule has 0 bridgehead atoms. The summed E-state index contributed by atoms with van der Waals surface area (Å²) in [4.78, 5) is 13.5. The van der Waals surface area contributed by atoms with Crippen LogP contribution in [0.25, 0.3) is 0 Å². The van der Waals surface area contributed by atoms with Crippen molar-refractivity contribution in [1.82, 2.24) is 4.90 Å². The molecule has 0 radical (unpaired) electrons. The van der Waals surface area contributed by atoms with Gasteiger partial charge in [-0.2, -0.15) is 0 Å². The minimum Gasteiger partial charge on any atom is -0.472 e. The second-order valence-electron chi connectivity index (χ2n) is 3.93. The third-order valence-corrected chi connectivity index (χ3v) is 2.66. The van der Waals surface area contributed by atoms with Crippen LogP contribution in [0.5, 0.6) is 0 Å². The van der Waals surface area contributed by atoms with E-state index in [0.717, 1.165) is 5.56 Å². The highest BCUT2D eigenvalue weighted by atomic mass is 35.5. The van der Waals surface area contributed by atoms with E-state index in [1.807, 2.05) is 6.07 Å². The largest absolute Gasteiger partial charge is 0.472 e. The van der Waals surface area contributed by atoms with Crippen molar-refractivity contribution < 1.29 is 9.21 Å². The summed E-state index contributed by atoms with van der Waals surface area (Å²) in [6.45, 7) is 0.489. The van der Waals surface area contributed by atoms with Gasteiger partial charge in [0.1, 0.15) is 0 Å². The molecule has 18 heavy (non-hydrogen) atoms. The Kier molecular flexibility index (Phi) is 3.89. The van der Waals surface area contributed by atoms with E-state index in [9.17, 15) is 4.79 Å². The molecule has 1 aromatic carbocycles. The number of carbonyl (C=O) groups is 1. The highest BCUT2D eigenvalue weighted by Gasteiger charge is 2.09. The van der Waals surface area contributed by atoms with E-state index in [1.54, 1.807) is 48.7 Å². The maximum absolute atomic E-state index is 11.9. The number of urea groups is 1. The fraction of sp³-hybridized carbons (Fsp3) is 0.154. The van der Waals surface area contributed by atoms with E-state index in [1.165, 1.54) is 0 Å². The monoisotopic (exact) mass is 264 g/mol. The van der Waals surface area contributed by atoms with Gasteiger partial charge in [0, 0.05) is 23.3 Å². The lowest BCUT2D eigenvalue weighted by Crippen LogP contribution is -2.30. The molecule has 0 unspecified atom stereocenters. The van der Waals surface area contributed by atoms with Crippen LogP contribution in [0.15, 0.2) is 47.3 Å². The standard InChI is InChI=1S/C13H13ClN2O2/c1-16(8-10-5-6-18-9-10)13(17)15-12-4-2-3-11(14)7-12/h2-7,9H,8H2,1H3,(H,15,17). The van der Waals surface area contributed by atoms with Crippen LogP contribution < -0.4 is 5.32 Å². The Morgan fingerprint density at radius 3 is 2.94 bits per heavy atom. The van der Waals surface area contributed by atoms with Crippen molar-refractivity contribution >= 4 is 23.3 Å². The Bertz CT molecular complexity index is 526. The summed E-state index contributed by atoms with van der Waals surface area (Å²) in [5, 5.41) is 3.36. The summed E-state index contributed by atoms with van der Waals surface area (Å²) < 4.78 is 4.95. The first-order valence-corrected chi connectivity index (χ1v) is 5.82. The fourth-order valence-corrected chi connectivity index (χ4v) is 1.70. The van der Waals surface area contributed by atoms with E-state index in [2.05, 4.69) is 5.32 Å². The quantitative estimate of drug-likeness (QED) is 0.921. The number of furan rings is 1. The smallest absolute Gasteiger partial charge is 0.321 e. The predicted octanol–water partition coefficient (Wildman–Crippen LogP) is 3.60. The Balaban J connectivity index is 1.95. The van der Waals surface area contributed by atoms with Gasteiger partial charge in [0.05, 0.1) is 19.1 Å². The minimum absolute atomic E-state index is 0.196. The van der Waals surface area contributed by atoms with Crippen LogP contribution in [0.3, 0.4) is 0 Å². The van der Waals surface area contributed by atoms with Gasteiger partial charge >= 0.3 is 6.03 Å². The lowest BCUT2D eigenvalue weighted by atomic mass is 10.3. The first-order chi connectivity index (χ1) is 8.65. The molecule has 0 atom stereocenters. The molecular formula is C13H13ClN2O2. The number of carbonyl (C=O) groups excluding carboxylic acids is 1. The van der Waals surface area contributed by atoms with Crippen LogP contribution >= 0.6 is 11.6 Å². The van der Waals surface area contributed by atoms with Gasteiger partial charge in [0.25, 0.3) is 0 Å². The maximum atomic E-state index is 11.9. The van der Waals surface area contributed by atoms with Gasteiger partial charge in [-0.05, 0) is 24.3 Å². The number of rotatable bonds is 3. The van der Waals surface area contributed by atoms with Crippen molar-refractivity contribution in [2.75, 3.05) is 12.4 Å². The summed E-state index contributed by atoms with van der Waals surface area (Å²) >= 11 is 5.85. The molecule has 0 fully saturated rings. The molecule has 2 amide bonds. The number of nitrogens with one attached hydrogen (secondary N) is 1. The zero-order valence-electron chi connectivity index (χ0n) is 9.89. The third kappa shape index (κ3) is 3.28. The van der Waals surface area contributed by atoms with Gasteiger partial charge in [-0.15, -0.1) is 0 Å². The highest BCUT2D eigenvalue weighted by Crippen LogP contribution is 2.15. The Morgan fingerprint density at radius 2 is 2.28 bits per heavy atom. The molecule has 0 aliphatic heterocycles.